The van der Waals surface area contributed by atoms with Crippen LogP contribution in [0.3, 0.4) is 0 Å². The van der Waals surface area contributed by atoms with Crippen LogP contribution in [0.4, 0.5) is 9.59 Å². The Kier molecular flexibility index (Phi) is 42.8. The largest absolute Gasteiger partial charge is 0.472 e. The number of ketones is 3. The fourth-order valence-corrected chi connectivity index (χ4v) is 17.0. The molecule has 2 aliphatic carbocycles. The Labute approximate surface area is 717 Å². The number of fused-ring (bicyclic) bond motifs is 6. The van der Waals surface area contributed by atoms with Crippen molar-refractivity contribution < 1.29 is 53.2 Å². The fraction of sp³-hybridized carbons (Fsp3) is 0.381. The van der Waals surface area contributed by atoms with Crippen LogP contribution >= 0.6 is 182 Å². The van der Waals surface area contributed by atoms with Gasteiger partial charge < -0.3 is 41.8 Å². The number of terminal acetylenes is 3. The first-order valence-electron chi connectivity index (χ1n) is 31.6. The van der Waals surface area contributed by atoms with Gasteiger partial charge in [-0.15, -0.1) is 24.4 Å². The van der Waals surface area contributed by atoms with E-state index in [0.29, 0.717) is 17.4 Å². The number of carboxylic acids is 1. The van der Waals surface area contributed by atoms with Crippen molar-refractivity contribution in [2.45, 2.75) is 79.6 Å². The van der Waals surface area contributed by atoms with Gasteiger partial charge >= 0.3 is 18.2 Å². The minimum Gasteiger partial charge on any atom is -0.472 e. The van der Waals surface area contributed by atoms with Crippen LogP contribution in [0.2, 0.25) is 0 Å². The molecule has 9 heterocycles. The Balaban J connectivity index is 0.000000269. The summed E-state index contributed by atoms with van der Waals surface area (Å²) in [5.74, 6) is 3.81. The normalized spacial score (nSPS) is 17.4. The summed E-state index contributed by atoms with van der Waals surface area (Å²) < 4.78 is 9.31. The van der Waals surface area contributed by atoms with Crippen molar-refractivity contribution >= 4 is 223 Å². The summed E-state index contributed by atoms with van der Waals surface area (Å²) in [6, 6.07) is 33.2. The van der Waals surface area contributed by atoms with Crippen LogP contribution < -0.4 is 54.8 Å². The molecule has 8 fully saturated rings. The monoisotopic (exact) mass is 1860 g/mol. The highest BCUT2D eigenvalue weighted by Crippen LogP contribution is 2.66. The van der Waals surface area contributed by atoms with Crippen LogP contribution in [0.5, 0.6) is 0 Å². The number of benzene rings is 4. The number of Topliss-reactive ketones (excluding diaryl/α,β-unsaturated/α-hetero) is 3. The van der Waals surface area contributed by atoms with E-state index in [-0.39, 0.29) is 63.5 Å². The molecule has 1 unspecified atom stereocenters. The lowest BCUT2D eigenvalue weighted by molar-refractivity contribution is -0.130. The predicted octanol–water partition coefficient (Wildman–Crippen LogP) is 13.5. The summed E-state index contributed by atoms with van der Waals surface area (Å²) in [6.45, 7) is 8.07. The number of carbonyl (C=O) groups is 7. The number of nitrogens with two attached hydrogens (primary N) is 4. The van der Waals surface area contributed by atoms with Crippen LogP contribution in [0.1, 0.15) is 72.3 Å². The van der Waals surface area contributed by atoms with Crippen LogP contribution in [-0.4, -0.2) is 164 Å². The van der Waals surface area contributed by atoms with E-state index >= 15 is 0 Å². The smallest absolute Gasteiger partial charge is 0.406 e. The van der Waals surface area contributed by atoms with Gasteiger partial charge in [-0.1, -0.05) is 203 Å². The lowest BCUT2D eigenvalue weighted by atomic mass is 9.98. The molecule has 0 bridgehead atoms. The molecule has 8 aliphatic heterocycles. The molecule has 2 amide bonds. The number of aliphatic hydroxyl groups is 1. The number of azide groups is 3. The Morgan fingerprint density at radius 3 is 1.20 bits per heavy atom. The van der Waals surface area contributed by atoms with Crippen LogP contribution in [-0.2, 0) is 33.0 Å². The molecule has 0 spiro atoms. The van der Waals surface area contributed by atoms with Gasteiger partial charge in [0.15, 0.2) is 15.4 Å². The molecule has 4 aromatic carbocycles. The quantitative estimate of drug-likeness (QED) is 0.00473. The van der Waals surface area contributed by atoms with Gasteiger partial charge in [-0.05, 0) is 225 Å². The van der Waals surface area contributed by atoms with E-state index in [1.807, 2.05) is 121 Å². The van der Waals surface area contributed by atoms with Gasteiger partial charge in [-0.2, -0.15) is 0 Å². The lowest BCUT2D eigenvalue weighted by Gasteiger charge is -2.13. The van der Waals surface area contributed by atoms with E-state index in [0.717, 1.165) is 4.71 Å². The summed E-state index contributed by atoms with van der Waals surface area (Å²) in [5.41, 5.74) is 55.0. The van der Waals surface area contributed by atoms with Gasteiger partial charge in [0.2, 0.25) is 38.7 Å². The second-order valence-electron chi connectivity index (χ2n) is 22.8. The molecule has 16 N–H and O–H groups in total. The number of amides is 2. The van der Waals surface area contributed by atoms with Crippen molar-refractivity contribution in [3.05, 3.63) is 163 Å². The summed E-state index contributed by atoms with van der Waals surface area (Å²) in [6.07, 6.45) is 14.8. The first-order valence-corrected chi connectivity index (χ1v) is 49.5. The van der Waals surface area contributed by atoms with E-state index < -0.39 is 32.8 Å². The highest BCUT2D eigenvalue weighted by Gasteiger charge is 2.53. The Hall–Kier alpha value is -5.01. The summed E-state index contributed by atoms with van der Waals surface area (Å²) in [7, 11) is 36.9. The number of likely N-dealkylation sites (N-methyl/N-ethyl adjacent to an activating group) is 1. The Bertz CT molecular complexity index is 4210. The van der Waals surface area contributed by atoms with Crippen molar-refractivity contribution in [1.29, 1.82) is 0 Å². The first kappa shape index (κ1) is 100. The molecule has 5 aromatic rings. The minimum absolute atomic E-state index is 0.0683. The number of ether oxygens (including phenoxy) is 2. The molecule has 0 saturated carbocycles. The second-order valence-corrected chi connectivity index (χ2v) is 46.5. The minimum atomic E-state index is -1.22. The molecular formula is C63H77N22O11PS16. The van der Waals surface area contributed by atoms with Crippen LogP contribution in [0.25, 0.3) is 53.6 Å². The van der Waals surface area contributed by atoms with E-state index in [2.05, 4.69) is 140 Å². The van der Waals surface area contributed by atoms with Crippen molar-refractivity contribution in [1.82, 2.24) is 46.9 Å². The number of carbonyl (C=O) groups excluding carboxylic acids is 6. The number of aromatic nitrogens is 3. The molecule has 10 aliphatic rings. The molecule has 1 atom stereocenters. The number of rotatable bonds is 17. The van der Waals surface area contributed by atoms with E-state index in [1.54, 1.807) is 55.2 Å². The number of nitrogens with zero attached hydrogens (tertiary/aromatic N) is 12. The average molecular weight is 1860 g/mol. The number of carboxylic acid groups (broad SMARTS) is 1. The third-order valence-corrected chi connectivity index (χ3v) is 33.6. The SMILES string of the molecule is C#CC(=O)C1(N)SS1.C#CC(=O)C1(NC)SS1.C#CC(=O)O.CC(C)(C)O.CNC(=O)OCC1c2ccccc2-c2ccccc21.CNC(=O)OCC1c2ccccc2-c2ccccc21.CNC1(C)SS1.CNC1(N=[N+]=[N-])SS1.CNC1SS1.NC1(C(=O)c2cn(C3(N)SS3)nn2)SS1.[N-]=[N+]=NC1(N)SS1.[N-]=[N+]=NCC(=O)P. The number of aliphatic carboxylic acids is 1. The van der Waals surface area contributed by atoms with Gasteiger partial charge in [-0.25, -0.2) is 19.1 Å². The highest BCUT2D eigenvalue weighted by atomic mass is 33.2. The van der Waals surface area contributed by atoms with Gasteiger partial charge in [-0.3, -0.25) is 51.9 Å². The lowest BCUT2D eigenvalue weighted by Crippen LogP contribution is -2.32. The van der Waals surface area contributed by atoms with E-state index in [1.165, 1.54) is 185 Å². The number of nitrogens with one attached hydrogen (secondary N) is 6. The zero-order chi connectivity index (χ0) is 84.4. The molecule has 8 saturated heterocycles. The molecule has 0 radical (unpaired) electrons. The van der Waals surface area contributed by atoms with Gasteiger partial charge in [0, 0.05) is 46.6 Å². The topological polar surface area (TPSA) is 532 Å². The maximum absolute atomic E-state index is 11.8. The second kappa shape index (κ2) is 48.2. The molecule has 33 nitrogen and oxygen atoms in total. The third kappa shape index (κ3) is 36.0. The molecule has 606 valence electrons. The molecule has 15 rings (SSSR count). The van der Waals surface area contributed by atoms with Crippen LogP contribution in [0.15, 0.2) is 119 Å². The Morgan fingerprint density at radius 2 is 1.00 bits per heavy atom. The van der Waals surface area contributed by atoms with Gasteiger partial charge in [0.05, 0.1) is 18.3 Å². The van der Waals surface area contributed by atoms with Crippen molar-refractivity contribution in [3.63, 3.8) is 0 Å². The predicted molar refractivity (Wildman–Crippen MR) is 484 cm³/mol. The molecular weight excluding hydrogens is 1780 g/mol. The van der Waals surface area contributed by atoms with Crippen molar-refractivity contribution in [2.75, 3.05) is 62.0 Å². The maximum Gasteiger partial charge on any atom is 0.406 e. The van der Waals surface area contributed by atoms with Gasteiger partial charge in [0.25, 0.3) is 0 Å². The highest BCUT2D eigenvalue weighted by molar-refractivity contribution is 8.95. The van der Waals surface area contributed by atoms with Crippen LogP contribution in [0, 0.1) is 37.0 Å². The first-order chi connectivity index (χ1) is 53.4. The molecule has 113 heavy (non-hydrogen) atoms. The standard InChI is InChI=1S/2C16H15NO2.C5H5N5OS4.C5H5NOS2.C4H3NOS2.C4H10O.C3H7NS2.C3H2O2.C2H4N4S2.C2H4N3OP.C2H5NS2.CH2N4S2/c2*1-17-16(18)19-10-15-13-8-4-2-6-11(13)12-7-3-5-9-14(12)15;6-4(12-13-4)3(11)2-1-10(9-8-2)5(7)14-15-5;1-3-4(7)5(6-2)8-9-5;1-2-3(6)4(5)7-8-4;1-4(2,3)5;1-3(4-2)5-6-3;1-2-3(4)5;1-4-2(5-6-3)7-8-2;3-5-4-1-2(6)7;1-3-2-4-5-2;2-1(4-5-3)6-7-1/h2*2-9,15H,10H2,1H3,(H,17,18);1H,6-7H2;1,6H,2H3;1H,5H2;5H,1-3H3;4H,1-2H3;1H,(H,4,5);4H,1H3;1,7H2;2-3H,1H3;2H2. The summed E-state index contributed by atoms with van der Waals surface area (Å²) >= 11 is 0. The van der Waals surface area contributed by atoms with E-state index in [4.69, 9.17) is 76.9 Å². The van der Waals surface area contributed by atoms with E-state index in [9.17, 15) is 28.8 Å². The average Bonchev–Trinajstić information content (AvgIpc) is 1.60. The zero-order valence-corrected chi connectivity index (χ0v) is 75.5. The third-order valence-electron chi connectivity index (χ3n) is 13.5. The molecule has 1 aromatic heterocycles. The Morgan fingerprint density at radius 1 is 0.593 bits per heavy atom. The van der Waals surface area contributed by atoms with Gasteiger partial charge in [0.1, 0.15) is 22.1 Å². The van der Waals surface area contributed by atoms with Crippen molar-refractivity contribution in [2.24, 2.45) is 38.3 Å². The summed E-state index contributed by atoms with van der Waals surface area (Å²) in [5, 5.41) is 50.2. The number of hydrogen-bond acceptors (Lipinski definition) is 39. The summed E-state index contributed by atoms with van der Waals surface area (Å²) in [4.78, 5) is 82.1. The zero-order valence-electron chi connectivity index (χ0n) is 61.3. The number of alkyl carbamates (subject to hydrolysis) is 2. The molecule has 50 heteroatoms. The fourth-order valence-electron chi connectivity index (χ4n) is 7.68. The number of hydrogen-bond donors (Lipinski definition) is 12. The maximum atomic E-state index is 11.8. The van der Waals surface area contributed by atoms with Crippen molar-refractivity contribution in [3.8, 4) is 59.3 Å².